The predicted octanol–water partition coefficient (Wildman–Crippen LogP) is 5.34. The summed E-state index contributed by atoms with van der Waals surface area (Å²) in [4.78, 5) is 12.5. The maximum atomic E-state index is 12.5. The van der Waals surface area contributed by atoms with Gasteiger partial charge in [0, 0.05) is 22.5 Å². The lowest BCUT2D eigenvalue weighted by molar-refractivity contribution is 0.0994. The van der Waals surface area contributed by atoms with Gasteiger partial charge in [0.05, 0.1) is 5.75 Å². The van der Waals surface area contributed by atoms with E-state index in [9.17, 15) is 4.79 Å². The molecule has 0 radical (unpaired) electrons. The van der Waals surface area contributed by atoms with Crippen LogP contribution in [0.3, 0.4) is 0 Å². The largest absolute Gasteiger partial charge is 0.453 e. The molecule has 0 aliphatic rings. The van der Waals surface area contributed by atoms with Gasteiger partial charge in [-0.25, -0.2) is 0 Å². The van der Waals surface area contributed by atoms with Crippen molar-refractivity contribution < 1.29 is 9.21 Å². The Morgan fingerprint density at radius 2 is 1.93 bits per heavy atom. The first-order valence-corrected chi connectivity index (χ1v) is 9.86. The molecule has 0 aliphatic carbocycles. The van der Waals surface area contributed by atoms with Gasteiger partial charge in [-0.1, -0.05) is 41.6 Å². The van der Waals surface area contributed by atoms with Crippen molar-refractivity contribution in [1.82, 2.24) is 14.8 Å². The van der Waals surface area contributed by atoms with E-state index in [1.807, 2.05) is 60.0 Å². The number of nitrogens with zero attached hydrogens (tertiary/aromatic N) is 3. The fraction of sp³-hybridized carbons (Fsp3) is 0.150. The van der Waals surface area contributed by atoms with E-state index in [2.05, 4.69) is 10.2 Å². The number of carbonyl (C=O) groups is 1. The number of fused-ring (bicyclic) bond motifs is 1. The van der Waals surface area contributed by atoms with Crippen molar-refractivity contribution in [2.45, 2.75) is 18.6 Å². The zero-order valence-electron chi connectivity index (χ0n) is 14.6. The van der Waals surface area contributed by atoms with Gasteiger partial charge < -0.3 is 8.98 Å². The number of para-hydroxylation sites is 1. The van der Waals surface area contributed by atoms with Crippen LogP contribution in [0.5, 0.6) is 0 Å². The number of hydrogen-bond acceptors (Lipinski definition) is 5. The van der Waals surface area contributed by atoms with Gasteiger partial charge in [0.2, 0.25) is 5.78 Å². The van der Waals surface area contributed by atoms with Crippen molar-refractivity contribution in [3.8, 4) is 11.4 Å². The van der Waals surface area contributed by atoms with Crippen LogP contribution in [0, 0.1) is 0 Å². The maximum absolute atomic E-state index is 12.5. The zero-order chi connectivity index (χ0) is 18.8. The highest BCUT2D eigenvalue weighted by Gasteiger charge is 2.17. The molecular weight excluding hydrogens is 382 g/mol. The van der Waals surface area contributed by atoms with Crippen molar-refractivity contribution in [3.63, 3.8) is 0 Å². The second-order valence-corrected chi connectivity index (χ2v) is 7.30. The molecule has 0 atom stereocenters. The van der Waals surface area contributed by atoms with Crippen molar-refractivity contribution in [3.05, 3.63) is 65.4 Å². The molecule has 0 aliphatic heterocycles. The number of aromatic nitrogens is 3. The third-order valence-electron chi connectivity index (χ3n) is 4.17. The van der Waals surface area contributed by atoms with Gasteiger partial charge in [0.25, 0.3) is 0 Å². The summed E-state index contributed by atoms with van der Waals surface area (Å²) in [5, 5.41) is 10.8. The van der Waals surface area contributed by atoms with Gasteiger partial charge in [-0.2, -0.15) is 0 Å². The van der Waals surface area contributed by atoms with Gasteiger partial charge in [-0.05, 0) is 43.3 Å². The number of thioether (sulfide) groups is 1. The van der Waals surface area contributed by atoms with E-state index in [0.29, 0.717) is 28.1 Å². The van der Waals surface area contributed by atoms with Crippen LogP contribution in [-0.2, 0) is 6.54 Å². The Kier molecular flexibility index (Phi) is 5.01. The molecule has 2 aromatic heterocycles. The third kappa shape index (κ3) is 3.63. The van der Waals surface area contributed by atoms with Crippen LogP contribution in [0.4, 0.5) is 0 Å². The Morgan fingerprint density at radius 1 is 1.15 bits per heavy atom. The van der Waals surface area contributed by atoms with Crippen LogP contribution in [0.1, 0.15) is 17.5 Å². The minimum atomic E-state index is -0.0742. The van der Waals surface area contributed by atoms with Crippen LogP contribution < -0.4 is 0 Å². The van der Waals surface area contributed by atoms with Crippen LogP contribution in [0.2, 0.25) is 5.02 Å². The van der Waals surface area contributed by atoms with Crippen LogP contribution in [-0.4, -0.2) is 26.3 Å². The molecule has 0 N–H and O–H groups in total. The quantitative estimate of drug-likeness (QED) is 0.324. The molecule has 0 saturated carbocycles. The van der Waals surface area contributed by atoms with E-state index in [4.69, 9.17) is 16.0 Å². The molecule has 2 aromatic carbocycles. The molecule has 0 saturated heterocycles. The fourth-order valence-corrected chi connectivity index (χ4v) is 3.81. The molecule has 0 unspecified atom stereocenters. The number of furan rings is 1. The molecule has 136 valence electrons. The third-order valence-corrected chi connectivity index (χ3v) is 5.39. The highest BCUT2D eigenvalue weighted by atomic mass is 35.5. The molecule has 0 bridgehead atoms. The van der Waals surface area contributed by atoms with Gasteiger partial charge >= 0.3 is 0 Å². The molecule has 7 heteroatoms. The van der Waals surface area contributed by atoms with E-state index in [0.717, 1.165) is 16.8 Å². The molecule has 27 heavy (non-hydrogen) atoms. The molecular formula is C20H16ClN3O2S. The normalized spacial score (nSPS) is 11.2. The van der Waals surface area contributed by atoms with Crippen molar-refractivity contribution in [2.24, 2.45) is 0 Å². The first kappa shape index (κ1) is 17.8. The van der Waals surface area contributed by atoms with Gasteiger partial charge in [-0.15, -0.1) is 10.2 Å². The highest BCUT2D eigenvalue weighted by molar-refractivity contribution is 7.99. The second kappa shape index (κ2) is 7.58. The minimum absolute atomic E-state index is 0.0742. The summed E-state index contributed by atoms with van der Waals surface area (Å²) in [6.07, 6.45) is 0. The molecule has 5 nitrogen and oxygen atoms in total. The van der Waals surface area contributed by atoms with Crippen molar-refractivity contribution >= 4 is 40.1 Å². The van der Waals surface area contributed by atoms with E-state index in [1.165, 1.54) is 11.8 Å². The molecule has 2 heterocycles. The lowest BCUT2D eigenvalue weighted by Gasteiger charge is -2.07. The summed E-state index contributed by atoms with van der Waals surface area (Å²) < 4.78 is 7.63. The number of benzene rings is 2. The molecule has 4 rings (SSSR count). The number of carbonyl (C=O) groups excluding carboxylic acids is 1. The van der Waals surface area contributed by atoms with Crippen LogP contribution in [0.25, 0.3) is 22.4 Å². The average Bonchev–Trinajstić information content (AvgIpc) is 3.30. The van der Waals surface area contributed by atoms with E-state index in [-0.39, 0.29) is 11.5 Å². The maximum Gasteiger partial charge on any atom is 0.208 e. The number of rotatable bonds is 6. The molecule has 0 amide bonds. The van der Waals surface area contributed by atoms with E-state index >= 15 is 0 Å². The summed E-state index contributed by atoms with van der Waals surface area (Å²) in [5.41, 5.74) is 1.65. The summed E-state index contributed by atoms with van der Waals surface area (Å²) in [6, 6.07) is 16.8. The first-order valence-electron chi connectivity index (χ1n) is 8.49. The number of halogens is 1. The Hall–Kier alpha value is -2.57. The SMILES string of the molecule is CCn1c(SCC(=O)c2cc3ccccc3o2)nnc1-c1ccc(Cl)cc1. The summed E-state index contributed by atoms with van der Waals surface area (Å²) in [7, 11) is 0. The Balaban J connectivity index is 1.52. The first-order chi connectivity index (χ1) is 13.2. The van der Waals surface area contributed by atoms with Gasteiger partial charge in [0.1, 0.15) is 5.58 Å². The van der Waals surface area contributed by atoms with Gasteiger partial charge in [-0.3, -0.25) is 4.79 Å². The smallest absolute Gasteiger partial charge is 0.208 e. The zero-order valence-corrected chi connectivity index (χ0v) is 16.1. The Labute approximate surface area is 165 Å². The minimum Gasteiger partial charge on any atom is -0.453 e. The number of Topliss-reactive ketones (excluding diaryl/α,β-unsaturated/α-hetero) is 1. The van der Waals surface area contributed by atoms with E-state index < -0.39 is 0 Å². The van der Waals surface area contributed by atoms with Crippen molar-refractivity contribution in [1.29, 1.82) is 0 Å². The monoisotopic (exact) mass is 397 g/mol. The topological polar surface area (TPSA) is 60.9 Å². The van der Waals surface area contributed by atoms with Gasteiger partial charge in [0.15, 0.2) is 16.7 Å². The molecule has 0 fully saturated rings. The Morgan fingerprint density at radius 3 is 2.67 bits per heavy atom. The lowest BCUT2D eigenvalue weighted by atomic mass is 10.2. The number of hydrogen-bond donors (Lipinski definition) is 0. The Bertz CT molecular complexity index is 1070. The van der Waals surface area contributed by atoms with Crippen molar-refractivity contribution in [2.75, 3.05) is 5.75 Å². The summed E-state index contributed by atoms with van der Waals surface area (Å²) >= 11 is 7.31. The summed E-state index contributed by atoms with van der Waals surface area (Å²) in [5.74, 6) is 1.28. The van der Waals surface area contributed by atoms with Crippen LogP contribution >= 0.6 is 23.4 Å². The predicted molar refractivity (Wildman–Crippen MR) is 107 cm³/mol. The second-order valence-electron chi connectivity index (χ2n) is 5.92. The average molecular weight is 398 g/mol. The fourth-order valence-electron chi connectivity index (χ4n) is 2.81. The highest BCUT2D eigenvalue weighted by Crippen LogP contribution is 2.26. The molecule has 4 aromatic rings. The summed E-state index contributed by atoms with van der Waals surface area (Å²) in [6.45, 7) is 2.72. The van der Waals surface area contributed by atoms with Crippen LogP contribution in [0.15, 0.2) is 64.2 Å². The lowest BCUT2D eigenvalue weighted by Crippen LogP contribution is -2.04. The number of ketones is 1. The van der Waals surface area contributed by atoms with E-state index in [1.54, 1.807) is 6.07 Å². The molecule has 0 spiro atoms. The standard InChI is InChI=1S/C20H16ClN3O2S/c1-2-24-19(13-7-9-15(21)10-8-13)22-23-20(24)27-12-16(25)18-11-14-5-3-4-6-17(14)26-18/h3-11H,2,12H2,1H3.